The summed E-state index contributed by atoms with van der Waals surface area (Å²) in [6, 6.07) is 0. The van der Waals surface area contributed by atoms with E-state index < -0.39 is 0 Å². The summed E-state index contributed by atoms with van der Waals surface area (Å²) in [5, 5.41) is 0. The predicted octanol–water partition coefficient (Wildman–Crippen LogP) is 3.20. The first-order valence-electron chi connectivity index (χ1n) is 6.25. The summed E-state index contributed by atoms with van der Waals surface area (Å²) >= 11 is 0. The van der Waals surface area contributed by atoms with Crippen LogP contribution in [0, 0.1) is 0 Å². The summed E-state index contributed by atoms with van der Waals surface area (Å²) in [6.07, 6.45) is 4.12. The van der Waals surface area contributed by atoms with Gasteiger partial charge in [-0.1, -0.05) is 32.1 Å². The molecule has 0 aliphatic rings. The van der Waals surface area contributed by atoms with Crippen LogP contribution in [0.5, 0.6) is 0 Å². The fraction of sp³-hybridized carbons (Fsp3) is 0.533. The van der Waals surface area contributed by atoms with Gasteiger partial charge in [0.2, 0.25) is 0 Å². The molecule has 0 aliphatic carbocycles. The number of allylic oxidation sites excluding steroid dienone is 4. The Balaban J connectivity index is 0. The fourth-order valence-electron chi connectivity index (χ4n) is 1.02. The third kappa shape index (κ3) is 9.85. The molecular weight excluding hydrogens is 226 g/mol. The zero-order valence-corrected chi connectivity index (χ0v) is 12.6. The molecule has 18 heavy (non-hydrogen) atoms. The standard InChI is InChI=1S/C13H21NO2.C2H6/c1-6-12(10-15)13(9-11(2)3)16-8-7-14(4)5;1-2/h6,9-10H,1,7-8H2,2-5H3;1-2H3/b13-12-;. The van der Waals surface area contributed by atoms with Crippen molar-refractivity contribution in [2.24, 2.45) is 0 Å². The van der Waals surface area contributed by atoms with E-state index in [1.807, 2.05) is 52.8 Å². The minimum absolute atomic E-state index is 0.486. The molecule has 3 heteroatoms. The summed E-state index contributed by atoms with van der Waals surface area (Å²) in [7, 11) is 3.95. The monoisotopic (exact) mass is 253 g/mol. The van der Waals surface area contributed by atoms with Gasteiger partial charge in [-0.3, -0.25) is 4.79 Å². The highest BCUT2D eigenvalue weighted by Crippen LogP contribution is 2.10. The van der Waals surface area contributed by atoms with E-state index in [4.69, 9.17) is 4.74 Å². The molecule has 0 fully saturated rings. The zero-order valence-electron chi connectivity index (χ0n) is 12.6. The van der Waals surface area contributed by atoms with E-state index in [0.29, 0.717) is 17.9 Å². The summed E-state index contributed by atoms with van der Waals surface area (Å²) in [5.74, 6) is 0.590. The molecule has 0 saturated heterocycles. The van der Waals surface area contributed by atoms with E-state index in [1.54, 1.807) is 0 Å². The lowest BCUT2D eigenvalue weighted by atomic mass is 10.2. The average molecular weight is 253 g/mol. The van der Waals surface area contributed by atoms with Crippen LogP contribution in [0.25, 0.3) is 0 Å². The smallest absolute Gasteiger partial charge is 0.153 e. The normalized spacial score (nSPS) is 10.8. The van der Waals surface area contributed by atoms with Gasteiger partial charge >= 0.3 is 0 Å². The SMILES string of the molecule is C=C/C(C=O)=C(\C=C(C)C)OCCN(C)C.CC. The van der Waals surface area contributed by atoms with E-state index in [2.05, 4.69) is 6.58 Å². The quantitative estimate of drug-likeness (QED) is 0.302. The highest BCUT2D eigenvalue weighted by molar-refractivity contribution is 5.78. The van der Waals surface area contributed by atoms with E-state index in [1.165, 1.54) is 6.08 Å². The molecule has 0 rings (SSSR count). The molecule has 0 unspecified atom stereocenters. The van der Waals surface area contributed by atoms with Crippen LogP contribution in [-0.4, -0.2) is 38.4 Å². The van der Waals surface area contributed by atoms with Gasteiger partial charge in [0.15, 0.2) is 6.29 Å². The van der Waals surface area contributed by atoms with Crippen LogP contribution in [0.2, 0.25) is 0 Å². The van der Waals surface area contributed by atoms with Crippen LogP contribution in [0.4, 0.5) is 0 Å². The van der Waals surface area contributed by atoms with Gasteiger partial charge in [0, 0.05) is 6.54 Å². The van der Waals surface area contributed by atoms with Crippen LogP contribution >= 0.6 is 0 Å². The summed E-state index contributed by atoms with van der Waals surface area (Å²) in [4.78, 5) is 12.8. The van der Waals surface area contributed by atoms with Crippen LogP contribution in [-0.2, 0) is 9.53 Å². The maximum Gasteiger partial charge on any atom is 0.153 e. The Bertz CT molecular complexity index is 288. The van der Waals surface area contributed by atoms with E-state index in [-0.39, 0.29) is 0 Å². The van der Waals surface area contributed by atoms with E-state index in [9.17, 15) is 4.79 Å². The van der Waals surface area contributed by atoms with Crippen LogP contribution in [0.15, 0.2) is 35.6 Å². The molecule has 0 bridgehead atoms. The predicted molar refractivity (Wildman–Crippen MR) is 78.6 cm³/mol. The first kappa shape index (κ1) is 19.0. The fourth-order valence-corrected chi connectivity index (χ4v) is 1.02. The number of carbonyl (C=O) groups excluding carboxylic acids is 1. The number of ether oxygens (including phenoxy) is 1. The van der Waals surface area contributed by atoms with Crippen molar-refractivity contribution in [2.75, 3.05) is 27.2 Å². The zero-order chi connectivity index (χ0) is 14.6. The number of nitrogens with zero attached hydrogens (tertiary/aromatic N) is 1. The molecular formula is C15H27NO2. The van der Waals surface area contributed by atoms with Crippen LogP contribution in [0.3, 0.4) is 0 Å². The molecule has 0 heterocycles. The topological polar surface area (TPSA) is 29.5 Å². The molecule has 0 aromatic heterocycles. The van der Waals surface area contributed by atoms with Crippen molar-refractivity contribution in [3.05, 3.63) is 35.6 Å². The Morgan fingerprint density at radius 2 is 1.83 bits per heavy atom. The van der Waals surface area contributed by atoms with Crippen molar-refractivity contribution in [3.8, 4) is 0 Å². The molecule has 3 nitrogen and oxygen atoms in total. The highest BCUT2D eigenvalue weighted by atomic mass is 16.5. The summed E-state index contributed by atoms with van der Waals surface area (Å²) in [5.41, 5.74) is 1.57. The molecule has 0 saturated carbocycles. The van der Waals surface area contributed by atoms with Crippen LogP contribution in [0.1, 0.15) is 27.7 Å². The minimum atomic E-state index is 0.486. The van der Waals surface area contributed by atoms with Crippen molar-refractivity contribution in [2.45, 2.75) is 27.7 Å². The molecule has 104 valence electrons. The lowest BCUT2D eigenvalue weighted by Crippen LogP contribution is -2.18. The first-order chi connectivity index (χ1) is 8.51. The molecule has 0 atom stereocenters. The van der Waals surface area contributed by atoms with Crippen molar-refractivity contribution in [1.29, 1.82) is 0 Å². The second-order valence-electron chi connectivity index (χ2n) is 4.01. The number of aldehydes is 1. The molecule has 0 N–H and O–H groups in total. The van der Waals surface area contributed by atoms with Gasteiger partial charge in [-0.05, 0) is 34.0 Å². The van der Waals surface area contributed by atoms with Gasteiger partial charge in [-0.25, -0.2) is 0 Å². The summed E-state index contributed by atoms with van der Waals surface area (Å²) < 4.78 is 5.57. The molecule has 0 aromatic rings. The van der Waals surface area contributed by atoms with E-state index >= 15 is 0 Å². The number of likely N-dealkylation sites (N-methyl/N-ethyl adjacent to an activating group) is 1. The number of hydrogen-bond donors (Lipinski definition) is 0. The van der Waals surface area contributed by atoms with Gasteiger partial charge in [-0.2, -0.15) is 0 Å². The molecule has 0 amide bonds. The van der Waals surface area contributed by atoms with Crippen molar-refractivity contribution in [1.82, 2.24) is 4.90 Å². The van der Waals surface area contributed by atoms with Gasteiger partial charge in [0.1, 0.15) is 12.4 Å². The third-order valence-electron chi connectivity index (χ3n) is 1.85. The molecule has 0 aliphatic heterocycles. The third-order valence-corrected chi connectivity index (χ3v) is 1.85. The lowest BCUT2D eigenvalue weighted by Gasteiger charge is -2.12. The number of rotatable bonds is 7. The Hall–Kier alpha value is -1.35. The molecule has 0 spiro atoms. The molecule has 0 radical (unpaired) electrons. The average Bonchev–Trinajstić information content (AvgIpc) is 2.31. The van der Waals surface area contributed by atoms with Crippen molar-refractivity contribution >= 4 is 6.29 Å². The highest BCUT2D eigenvalue weighted by Gasteiger charge is 2.02. The largest absolute Gasteiger partial charge is 0.492 e. The lowest BCUT2D eigenvalue weighted by molar-refractivity contribution is -0.104. The van der Waals surface area contributed by atoms with Gasteiger partial charge in [0.05, 0.1) is 5.57 Å². The van der Waals surface area contributed by atoms with Gasteiger partial charge in [-0.15, -0.1) is 0 Å². The van der Waals surface area contributed by atoms with Gasteiger partial charge in [0.25, 0.3) is 0 Å². The maximum atomic E-state index is 10.8. The van der Waals surface area contributed by atoms with Crippen LogP contribution < -0.4 is 0 Å². The maximum absolute atomic E-state index is 10.8. The molecule has 0 aromatic carbocycles. The first-order valence-corrected chi connectivity index (χ1v) is 6.25. The van der Waals surface area contributed by atoms with Gasteiger partial charge < -0.3 is 9.64 Å². The minimum Gasteiger partial charge on any atom is -0.492 e. The number of carbonyl (C=O) groups is 1. The van der Waals surface area contributed by atoms with Crippen molar-refractivity contribution < 1.29 is 9.53 Å². The Morgan fingerprint density at radius 1 is 1.28 bits per heavy atom. The number of hydrogen-bond acceptors (Lipinski definition) is 3. The second kappa shape index (κ2) is 12.1. The Morgan fingerprint density at radius 3 is 2.17 bits per heavy atom. The van der Waals surface area contributed by atoms with E-state index in [0.717, 1.165) is 18.4 Å². The second-order valence-corrected chi connectivity index (χ2v) is 4.01. The Labute approximate surface area is 112 Å². The van der Waals surface area contributed by atoms with Crippen molar-refractivity contribution in [3.63, 3.8) is 0 Å². The summed E-state index contributed by atoms with van der Waals surface area (Å²) in [6.45, 7) is 12.9. The Kier molecular flexibility index (Phi) is 12.8.